The van der Waals surface area contributed by atoms with Crippen molar-refractivity contribution < 1.29 is 24.5 Å². The summed E-state index contributed by atoms with van der Waals surface area (Å²) in [4.78, 5) is 25.8. The van der Waals surface area contributed by atoms with Crippen LogP contribution in [0.5, 0.6) is 0 Å². The molecular formula is C46H85NO5. The topological polar surface area (TPSA) is 95.9 Å². The molecule has 0 radical (unpaired) electrons. The van der Waals surface area contributed by atoms with Gasteiger partial charge in [0.1, 0.15) is 6.10 Å². The van der Waals surface area contributed by atoms with Gasteiger partial charge < -0.3 is 20.3 Å². The highest BCUT2D eigenvalue weighted by atomic mass is 16.5. The first-order valence-corrected chi connectivity index (χ1v) is 22.2. The zero-order valence-electron chi connectivity index (χ0n) is 34.4. The molecule has 0 rings (SSSR count). The average molecular weight is 732 g/mol. The van der Waals surface area contributed by atoms with Gasteiger partial charge in [-0.1, -0.05) is 198 Å². The van der Waals surface area contributed by atoms with E-state index in [0.717, 1.165) is 83.5 Å². The normalized spacial score (nSPS) is 13.7. The summed E-state index contributed by atoms with van der Waals surface area (Å²) in [6.45, 7) is 6.30. The maximum Gasteiger partial charge on any atom is 0.306 e. The first kappa shape index (κ1) is 50.1. The van der Waals surface area contributed by atoms with E-state index < -0.39 is 18.2 Å². The molecule has 0 saturated heterocycles. The van der Waals surface area contributed by atoms with Crippen LogP contribution in [0.2, 0.25) is 0 Å². The summed E-state index contributed by atoms with van der Waals surface area (Å²) in [7, 11) is 0. The highest BCUT2D eigenvalue weighted by Gasteiger charge is 2.24. The maximum absolute atomic E-state index is 13.1. The zero-order valence-corrected chi connectivity index (χ0v) is 34.4. The molecule has 0 heterocycles. The van der Waals surface area contributed by atoms with E-state index in [1.165, 1.54) is 89.9 Å². The molecule has 0 aliphatic rings. The van der Waals surface area contributed by atoms with Crippen molar-refractivity contribution in [2.75, 3.05) is 6.61 Å². The minimum absolute atomic E-state index is 0.0706. The van der Waals surface area contributed by atoms with E-state index in [4.69, 9.17) is 4.74 Å². The van der Waals surface area contributed by atoms with Crippen molar-refractivity contribution in [2.45, 2.75) is 238 Å². The predicted molar refractivity (Wildman–Crippen MR) is 222 cm³/mol. The standard InChI is InChI=1S/C46H85NO5/c1-4-7-10-13-16-18-20-22-24-26-29-32-35-38-44(49)43(41-48)47-45(50)40-42(37-34-31-28-15-12-9-6-3)52-46(51)39-36-33-30-27-25-23-21-19-17-14-11-8-5-2/h8,11,14,17,19,21,42-44,48-49H,4-7,9-10,12-13,15-16,18,20,22-41H2,1-3H3,(H,47,50)/b11-8+,17-14+,21-19-. The van der Waals surface area contributed by atoms with Gasteiger partial charge in [-0.2, -0.15) is 0 Å². The lowest BCUT2D eigenvalue weighted by atomic mass is 10.0. The van der Waals surface area contributed by atoms with Crippen LogP contribution in [0, 0.1) is 0 Å². The van der Waals surface area contributed by atoms with E-state index in [1.807, 2.05) is 0 Å². The first-order chi connectivity index (χ1) is 25.5. The van der Waals surface area contributed by atoms with Crippen LogP contribution in [0.4, 0.5) is 0 Å². The summed E-state index contributed by atoms with van der Waals surface area (Å²) in [5.41, 5.74) is 0. The second-order valence-corrected chi connectivity index (χ2v) is 15.1. The van der Waals surface area contributed by atoms with Crippen molar-refractivity contribution >= 4 is 11.9 Å². The Morgan fingerprint density at radius 3 is 1.56 bits per heavy atom. The number of nitrogens with one attached hydrogen (secondary N) is 1. The molecule has 0 aromatic rings. The van der Waals surface area contributed by atoms with Gasteiger partial charge in [-0.15, -0.1) is 0 Å². The smallest absolute Gasteiger partial charge is 0.306 e. The molecule has 3 atom stereocenters. The number of hydrogen-bond donors (Lipinski definition) is 3. The van der Waals surface area contributed by atoms with Crippen LogP contribution in [0.3, 0.4) is 0 Å². The fourth-order valence-electron chi connectivity index (χ4n) is 6.66. The quantitative estimate of drug-likeness (QED) is 0.0332. The molecule has 3 N–H and O–H groups in total. The summed E-state index contributed by atoms with van der Waals surface area (Å²) < 4.78 is 5.86. The lowest BCUT2D eigenvalue weighted by Crippen LogP contribution is -2.46. The molecule has 3 unspecified atom stereocenters. The monoisotopic (exact) mass is 732 g/mol. The molecule has 6 heteroatoms. The Hall–Kier alpha value is -1.92. The third kappa shape index (κ3) is 35.1. The summed E-state index contributed by atoms with van der Waals surface area (Å²) >= 11 is 0. The van der Waals surface area contributed by atoms with Crippen LogP contribution < -0.4 is 5.32 Å². The number of esters is 1. The first-order valence-electron chi connectivity index (χ1n) is 22.2. The van der Waals surface area contributed by atoms with Crippen molar-refractivity contribution in [1.82, 2.24) is 5.32 Å². The number of ether oxygens (including phenoxy) is 1. The molecule has 0 aromatic heterocycles. The van der Waals surface area contributed by atoms with Crippen LogP contribution in [0.15, 0.2) is 36.5 Å². The number of carbonyl (C=O) groups is 2. The number of rotatable bonds is 39. The van der Waals surface area contributed by atoms with Gasteiger partial charge in [-0.3, -0.25) is 9.59 Å². The van der Waals surface area contributed by atoms with Gasteiger partial charge in [0.15, 0.2) is 0 Å². The highest BCUT2D eigenvalue weighted by Crippen LogP contribution is 2.17. The second-order valence-electron chi connectivity index (χ2n) is 15.1. The molecular weight excluding hydrogens is 647 g/mol. The lowest BCUT2D eigenvalue weighted by molar-refractivity contribution is -0.151. The molecule has 6 nitrogen and oxygen atoms in total. The lowest BCUT2D eigenvalue weighted by Gasteiger charge is -2.24. The SMILES string of the molecule is CC/C=C/C=C/C=C\CCCCCCCC(=O)OC(CCCCCCCCC)CC(=O)NC(CO)C(O)CCCCCCCCCCCCCCC. The molecule has 0 bridgehead atoms. The van der Waals surface area contributed by atoms with Crippen molar-refractivity contribution in [2.24, 2.45) is 0 Å². The van der Waals surface area contributed by atoms with Crippen molar-refractivity contribution in [3.8, 4) is 0 Å². The molecule has 0 fully saturated rings. The Bertz CT molecular complexity index is 869. The minimum Gasteiger partial charge on any atom is -0.462 e. The van der Waals surface area contributed by atoms with E-state index in [1.54, 1.807) is 0 Å². The molecule has 52 heavy (non-hydrogen) atoms. The van der Waals surface area contributed by atoms with Gasteiger partial charge >= 0.3 is 5.97 Å². The van der Waals surface area contributed by atoms with Crippen LogP contribution >= 0.6 is 0 Å². The Labute approximate surface area is 322 Å². The predicted octanol–water partition coefficient (Wildman–Crippen LogP) is 12.6. The minimum atomic E-state index is -0.786. The average Bonchev–Trinajstić information content (AvgIpc) is 3.13. The Kier molecular flexibility index (Phi) is 38.8. The van der Waals surface area contributed by atoms with E-state index in [2.05, 4.69) is 62.5 Å². The molecule has 0 spiro atoms. The number of amides is 1. The zero-order chi connectivity index (χ0) is 38.2. The van der Waals surface area contributed by atoms with Gasteiger partial charge in [-0.25, -0.2) is 0 Å². The number of allylic oxidation sites excluding steroid dienone is 6. The fraction of sp³-hybridized carbons (Fsp3) is 0.826. The Morgan fingerprint density at radius 2 is 1.04 bits per heavy atom. The maximum atomic E-state index is 13.1. The highest BCUT2D eigenvalue weighted by molar-refractivity contribution is 5.77. The van der Waals surface area contributed by atoms with E-state index in [-0.39, 0.29) is 24.9 Å². The van der Waals surface area contributed by atoms with Crippen LogP contribution in [0.1, 0.15) is 220 Å². The van der Waals surface area contributed by atoms with Crippen LogP contribution in [-0.2, 0) is 14.3 Å². The van der Waals surface area contributed by atoms with Gasteiger partial charge in [0.25, 0.3) is 0 Å². The molecule has 0 aliphatic carbocycles. The number of aliphatic hydroxyl groups excluding tert-OH is 2. The largest absolute Gasteiger partial charge is 0.462 e. The summed E-state index contributed by atoms with van der Waals surface area (Å²) in [5, 5.41) is 23.6. The number of aliphatic hydroxyl groups is 2. The molecule has 304 valence electrons. The number of hydrogen-bond acceptors (Lipinski definition) is 5. The van der Waals surface area contributed by atoms with Crippen LogP contribution in [-0.4, -0.2) is 46.9 Å². The molecule has 0 aromatic carbocycles. The summed E-state index contributed by atoms with van der Waals surface area (Å²) in [6.07, 6.45) is 45.0. The third-order valence-corrected chi connectivity index (χ3v) is 10.0. The summed E-state index contributed by atoms with van der Waals surface area (Å²) in [6, 6.07) is -0.699. The van der Waals surface area contributed by atoms with E-state index in [9.17, 15) is 19.8 Å². The molecule has 0 aliphatic heterocycles. The number of carbonyl (C=O) groups excluding carboxylic acids is 2. The Morgan fingerprint density at radius 1 is 0.577 bits per heavy atom. The fourth-order valence-corrected chi connectivity index (χ4v) is 6.66. The van der Waals surface area contributed by atoms with E-state index in [0.29, 0.717) is 19.3 Å². The van der Waals surface area contributed by atoms with Gasteiger partial charge in [-0.05, 0) is 44.9 Å². The van der Waals surface area contributed by atoms with Gasteiger partial charge in [0, 0.05) is 6.42 Å². The summed E-state index contributed by atoms with van der Waals surface area (Å²) in [5.74, 6) is -0.500. The second kappa shape index (κ2) is 40.3. The number of unbranched alkanes of at least 4 members (excludes halogenated alkanes) is 23. The van der Waals surface area contributed by atoms with E-state index >= 15 is 0 Å². The van der Waals surface area contributed by atoms with Crippen LogP contribution in [0.25, 0.3) is 0 Å². The van der Waals surface area contributed by atoms with Crippen molar-refractivity contribution in [3.63, 3.8) is 0 Å². The van der Waals surface area contributed by atoms with Gasteiger partial charge in [0.2, 0.25) is 5.91 Å². The molecule has 0 saturated carbocycles. The van der Waals surface area contributed by atoms with Crippen molar-refractivity contribution in [3.05, 3.63) is 36.5 Å². The van der Waals surface area contributed by atoms with Gasteiger partial charge in [0.05, 0.1) is 25.2 Å². The third-order valence-electron chi connectivity index (χ3n) is 10.0. The molecule has 1 amide bonds. The van der Waals surface area contributed by atoms with Crippen molar-refractivity contribution in [1.29, 1.82) is 0 Å². The Balaban J connectivity index is 4.46.